The summed E-state index contributed by atoms with van der Waals surface area (Å²) in [6, 6.07) is 0.390. The molecule has 2 aliphatic carbocycles. The van der Waals surface area contributed by atoms with Crippen molar-refractivity contribution >= 4 is 0 Å². The highest BCUT2D eigenvalue weighted by Gasteiger charge is 2.30. The number of aliphatic hydroxyl groups excluding tert-OH is 1. The Kier molecular flexibility index (Phi) is 2.92. The first-order chi connectivity index (χ1) is 8.25. The standard InChI is InChI=1S/C13H21N3O/c1-16-12-4-2-3-11(10(12)7-15-16)14-8-13(17)9-5-6-9/h7,9,11,13-14,17H,2-6,8H2,1H3. The molecule has 2 N–H and O–H groups in total. The first kappa shape index (κ1) is 11.2. The average molecular weight is 235 g/mol. The Balaban J connectivity index is 1.63. The number of hydrogen-bond donors (Lipinski definition) is 2. The van der Waals surface area contributed by atoms with E-state index in [1.165, 1.54) is 30.5 Å². The van der Waals surface area contributed by atoms with Gasteiger partial charge in [-0.15, -0.1) is 0 Å². The van der Waals surface area contributed by atoms with Crippen molar-refractivity contribution in [3.8, 4) is 0 Å². The van der Waals surface area contributed by atoms with E-state index >= 15 is 0 Å². The molecular weight excluding hydrogens is 214 g/mol. The minimum atomic E-state index is -0.156. The van der Waals surface area contributed by atoms with E-state index in [1.54, 1.807) is 0 Å². The Morgan fingerprint density at radius 3 is 3.12 bits per heavy atom. The van der Waals surface area contributed by atoms with E-state index < -0.39 is 0 Å². The second-order valence-electron chi connectivity index (χ2n) is 5.43. The minimum absolute atomic E-state index is 0.156. The van der Waals surface area contributed by atoms with E-state index in [-0.39, 0.29) is 6.10 Å². The predicted octanol–water partition coefficient (Wildman–Crippen LogP) is 1.16. The second-order valence-corrected chi connectivity index (χ2v) is 5.43. The zero-order valence-electron chi connectivity index (χ0n) is 10.4. The number of aryl methyl sites for hydroxylation is 1. The molecule has 0 aliphatic heterocycles. The summed E-state index contributed by atoms with van der Waals surface area (Å²) >= 11 is 0. The van der Waals surface area contributed by atoms with E-state index in [0.29, 0.717) is 12.0 Å². The molecule has 4 heteroatoms. The molecule has 0 bridgehead atoms. The third-order valence-corrected chi connectivity index (χ3v) is 4.12. The van der Waals surface area contributed by atoms with Crippen LogP contribution in [-0.2, 0) is 13.5 Å². The highest BCUT2D eigenvalue weighted by Crippen LogP contribution is 2.33. The van der Waals surface area contributed by atoms with Gasteiger partial charge in [0, 0.05) is 30.9 Å². The van der Waals surface area contributed by atoms with Crippen LogP contribution < -0.4 is 5.32 Å². The van der Waals surface area contributed by atoms with Crippen LogP contribution in [0.1, 0.15) is 43.0 Å². The number of hydrogen-bond acceptors (Lipinski definition) is 3. The fraction of sp³-hybridized carbons (Fsp3) is 0.769. The highest BCUT2D eigenvalue weighted by atomic mass is 16.3. The Hall–Kier alpha value is -0.870. The lowest BCUT2D eigenvalue weighted by Gasteiger charge is -2.25. The quantitative estimate of drug-likeness (QED) is 0.823. The van der Waals surface area contributed by atoms with Crippen LogP contribution in [0.15, 0.2) is 6.20 Å². The number of aliphatic hydroxyl groups is 1. The van der Waals surface area contributed by atoms with E-state index in [4.69, 9.17) is 0 Å². The number of nitrogens with one attached hydrogen (secondary N) is 1. The molecule has 0 radical (unpaired) electrons. The van der Waals surface area contributed by atoms with Crippen LogP contribution >= 0.6 is 0 Å². The molecule has 2 aliphatic rings. The van der Waals surface area contributed by atoms with Crippen molar-refractivity contribution < 1.29 is 5.11 Å². The largest absolute Gasteiger partial charge is 0.392 e. The van der Waals surface area contributed by atoms with E-state index in [0.717, 1.165) is 19.4 Å². The summed E-state index contributed by atoms with van der Waals surface area (Å²) in [4.78, 5) is 0. The molecule has 4 nitrogen and oxygen atoms in total. The van der Waals surface area contributed by atoms with Crippen molar-refractivity contribution in [3.63, 3.8) is 0 Å². The van der Waals surface area contributed by atoms with Crippen LogP contribution in [0, 0.1) is 5.92 Å². The minimum Gasteiger partial charge on any atom is -0.392 e. The lowest BCUT2D eigenvalue weighted by atomic mass is 9.93. The molecule has 1 fully saturated rings. The lowest BCUT2D eigenvalue weighted by Crippen LogP contribution is -2.33. The van der Waals surface area contributed by atoms with E-state index in [9.17, 15) is 5.11 Å². The Morgan fingerprint density at radius 1 is 1.53 bits per heavy atom. The molecule has 1 heterocycles. The molecule has 0 aromatic carbocycles. The highest BCUT2D eigenvalue weighted by molar-refractivity contribution is 5.24. The van der Waals surface area contributed by atoms with Crippen LogP contribution in [0.3, 0.4) is 0 Å². The van der Waals surface area contributed by atoms with Gasteiger partial charge in [-0.2, -0.15) is 5.10 Å². The first-order valence-corrected chi connectivity index (χ1v) is 6.68. The van der Waals surface area contributed by atoms with Gasteiger partial charge in [0.05, 0.1) is 12.3 Å². The second kappa shape index (κ2) is 4.42. The van der Waals surface area contributed by atoms with E-state index in [2.05, 4.69) is 10.4 Å². The van der Waals surface area contributed by atoms with Crippen molar-refractivity contribution in [2.24, 2.45) is 13.0 Å². The molecule has 0 saturated heterocycles. The fourth-order valence-corrected chi connectivity index (χ4v) is 2.83. The van der Waals surface area contributed by atoms with Crippen LogP contribution in [-0.4, -0.2) is 27.5 Å². The first-order valence-electron chi connectivity index (χ1n) is 6.68. The third-order valence-electron chi connectivity index (χ3n) is 4.12. The Labute approximate surface area is 102 Å². The van der Waals surface area contributed by atoms with Gasteiger partial charge in [0.1, 0.15) is 0 Å². The zero-order valence-corrected chi connectivity index (χ0v) is 10.4. The summed E-state index contributed by atoms with van der Waals surface area (Å²) in [5.41, 5.74) is 2.69. The summed E-state index contributed by atoms with van der Waals surface area (Å²) in [5, 5.41) is 17.7. The van der Waals surface area contributed by atoms with Crippen LogP contribution in [0.25, 0.3) is 0 Å². The summed E-state index contributed by atoms with van der Waals surface area (Å²) in [6.45, 7) is 0.726. The van der Waals surface area contributed by atoms with Gasteiger partial charge in [-0.05, 0) is 38.0 Å². The van der Waals surface area contributed by atoms with Gasteiger partial charge in [-0.3, -0.25) is 4.68 Å². The molecule has 1 saturated carbocycles. The maximum atomic E-state index is 9.89. The molecule has 0 amide bonds. The average Bonchev–Trinajstić information content (AvgIpc) is 3.12. The summed E-state index contributed by atoms with van der Waals surface area (Å²) < 4.78 is 1.99. The number of nitrogens with zero attached hydrogens (tertiary/aromatic N) is 2. The predicted molar refractivity (Wildman–Crippen MR) is 65.6 cm³/mol. The molecule has 2 unspecified atom stereocenters. The van der Waals surface area contributed by atoms with Crippen molar-refractivity contribution in [1.82, 2.24) is 15.1 Å². The van der Waals surface area contributed by atoms with Gasteiger partial charge < -0.3 is 10.4 Å². The lowest BCUT2D eigenvalue weighted by molar-refractivity contribution is 0.143. The van der Waals surface area contributed by atoms with Crippen LogP contribution in [0.2, 0.25) is 0 Å². The fourth-order valence-electron chi connectivity index (χ4n) is 2.83. The number of fused-ring (bicyclic) bond motifs is 1. The molecule has 17 heavy (non-hydrogen) atoms. The van der Waals surface area contributed by atoms with Crippen LogP contribution in [0.5, 0.6) is 0 Å². The normalized spacial score (nSPS) is 25.6. The molecule has 3 rings (SSSR count). The molecule has 1 aromatic rings. The molecular formula is C13H21N3O. The van der Waals surface area contributed by atoms with Crippen molar-refractivity contribution in [1.29, 1.82) is 0 Å². The third kappa shape index (κ3) is 2.24. The van der Waals surface area contributed by atoms with Crippen molar-refractivity contribution in [2.45, 2.75) is 44.2 Å². The zero-order chi connectivity index (χ0) is 11.8. The molecule has 94 valence electrons. The van der Waals surface area contributed by atoms with Gasteiger partial charge in [-0.1, -0.05) is 0 Å². The smallest absolute Gasteiger partial charge is 0.0692 e. The van der Waals surface area contributed by atoms with Gasteiger partial charge in [0.2, 0.25) is 0 Å². The summed E-state index contributed by atoms with van der Waals surface area (Å²) in [5.74, 6) is 0.555. The van der Waals surface area contributed by atoms with Gasteiger partial charge in [-0.25, -0.2) is 0 Å². The van der Waals surface area contributed by atoms with Gasteiger partial charge >= 0.3 is 0 Å². The van der Waals surface area contributed by atoms with Crippen molar-refractivity contribution in [2.75, 3.05) is 6.54 Å². The topological polar surface area (TPSA) is 50.1 Å². The van der Waals surface area contributed by atoms with Crippen molar-refractivity contribution in [3.05, 3.63) is 17.5 Å². The Bertz CT molecular complexity index is 397. The maximum absolute atomic E-state index is 9.89. The molecule has 0 spiro atoms. The maximum Gasteiger partial charge on any atom is 0.0692 e. The van der Waals surface area contributed by atoms with Gasteiger partial charge in [0.25, 0.3) is 0 Å². The SMILES string of the molecule is Cn1ncc2c1CCCC2NCC(O)C1CC1. The number of rotatable bonds is 4. The molecule has 1 aromatic heterocycles. The van der Waals surface area contributed by atoms with E-state index in [1.807, 2.05) is 17.9 Å². The van der Waals surface area contributed by atoms with Gasteiger partial charge in [0.15, 0.2) is 0 Å². The Morgan fingerprint density at radius 2 is 2.35 bits per heavy atom. The number of aromatic nitrogens is 2. The molecule has 2 atom stereocenters. The monoisotopic (exact) mass is 235 g/mol. The summed E-state index contributed by atoms with van der Waals surface area (Å²) in [7, 11) is 2.01. The van der Waals surface area contributed by atoms with Crippen LogP contribution in [0.4, 0.5) is 0 Å². The summed E-state index contributed by atoms with van der Waals surface area (Å²) in [6.07, 6.45) is 7.74.